The molecule has 1 saturated heterocycles. The lowest BCUT2D eigenvalue weighted by molar-refractivity contribution is -0.301. The molecule has 0 saturated carbocycles. The molecule has 0 unspecified atom stereocenters. The molecule has 42 heavy (non-hydrogen) atoms. The highest BCUT2D eigenvalue weighted by molar-refractivity contribution is 5.87. The smallest absolute Gasteiger partial charge is 0.244 e. The first-order chi connectivity index (χ1) is 20.4. The highest BCUT2D eigenvalue weighted by atomic mass is 16.7. The van der Waals surface area contributed by atoms with Gasteiger partial charge in [0, 0.05) is 13.0 Å². The van der Waals surface area contributed by atoms with Crippen LogP contribution in [-0.2, 0) is 25.5 Å². The molecular formula is C32H54N2O8. The summed E-state index contributed by atoms with van der Waals surface area (Å²) in [6.45, 7) is 1.78. The number of nitrogens with one attached hydrogen (secondary N) is 2. The summed E-state index contributed by atoms with van der Waals surface area (Å²) in [7, 11) is 0. The van der Waals surface area contributed by atoms with Crippen LogP contribution in [0.25, 0.3) is 0 Å². The summed E-state index contributed by atoms with van der Waals surface area (Å²) in [4.78, 5) is 25.7. The fourth-order valence-electron chi connectivity index (χ4n) is 5.05. The quantitative estimate of drug-likeness (QED) is 0.112. The van der Waals surface area contributed by atoms with Gasteiger partial charge in [-0.05, 0) is 31.2 Å². The van der Waals surface area contributed by atoms with E-state index in [4.69, 9.17) is 9.47 Å². The summed E-state index contributed by atoms with van der Waals surface area (Å²) in [5.74, 6) is -0.688. The Morgan fingerprint density at radius 3 is 2.17 bits per heavy atom. The maximum atomic E-state index is 13.0. The van der Waals surface area contributed by atoms with Gasteiger partial charge in [0.25, 0.3) is 0 Å². The van der Waals surface area contributed by atoms with Crippen LogP contribution in [0.2, 0.25) is 0 Å². The van der Waals surface area contributed by atoms with Gasteiger partial charge in [-0.3, -0.25) is 9.59 Å². The zero-order chi connectivity index (χ0) is 30.6. The second-order valence-electron chi connectivity index (χ2n) is 11.3. The number of carbonyl (C=O) groups is 2. The third-order valence-electron chi connectivity index (χ3n) is 7.72. The first-order valence-corrected chi connectivity index (χ1v) is 15.9. The van der Waals surface area contributed by atoms with Crippen LogP contribution in [0.1, 0.15) is 96.0 Å². The molecule has 1 aliphatic rings. The Hall–Kier alpha value is -2.08. The third kappa shape index (κ3) is 13.9. The summed E-state index contributed by atoms with van der Waals surface area (Å²) in [5, 5.41) is 45.3. The number of aliphatic hydroxyl groups is 4. The van der Waals surface area contributed by atoms with Crippen LogP contribution < -0.4 is 10.6 Å². The molecule has 2 amide bonds. The second kappa shape index (κ2) is 21.6. The van der Waals surface area contributed by atoms with E-state index in [1.165, 1.54) is 44.1 Å². The Labute approximate surface area is 251 Å². The minimum atomic E-state index is -1.59. The van der Waals surface area contributed by atoms with E-state index in [-0.39, 0.29) is 18.9 Å². The number of hydrogen-bond donors (Lipinski definition) is 6. The van der Waals surface area contributed by atoms with Crippen molar-refractivity contribution in [1.82, 2.24) is 10.6 Å². The molecule has 1 aliphatic heterocycles. The fourth-order valence-corrected chi connectivity index (χ4v) is 5.05. The molecule has 2 rings (SSSR count). The number of hydrogen-bond acceptors (Lipinski definition) is 8. The molecule has 240 valence electrons. The van der Waals surface area contributed by atoms with E-state index in [1.807, 2.05) is 18.2 Å². The Kier molecular flexibility index (Phi) is 18.6. The van der Waals surface area contributed by atoms with E-state index >= 15 is 0 Å². The van der Waals surface area contributed by atoms with E-state index in [9.17, 15) is 30.0 Å². The fraction of sp³-hybridized carbons (Fsp3) is 0.750. The first-order valence-electron chi connectivity index (χ1n) is 15.9. The summed E-state index contributed by atoms with van der Waals surface area (Å²) < 4.78 is 11.0. The van der Waals surface area contributed by atoms with Gasteiger partial charge in [-0.1, -0.05) is 95.0 Å². The largest absolute Gasteiger partial charge is 0.394 e. The molecule has 0 aromatic heterocycles. The molecule has 1 aromatic carbocycles. The van der Waals surface area contributed by atoms with E-state index in [2.05, 4.69) is 29.7 Å². The average Bonchev–Trinajstić information content (AvgIpc) is 3.00. The topological polar surface area (TPSA) is 158 Å². The van der Waals surface area contributed by atoms with Crippen LogP contribution >= 0.6 is 0 Å². The number of carbonyl (C=O) groups excluding carboxylic acids is 2. The molecule has 1 fully saturated rings. The molecule has 10 heteroatoms. The number of ether oxygens (including phenoxy) is 2. The highest BCUT2D eigenvalue weighted by Gasteiger charge is 2.44. The van der Waals surface area contributed by atoms with Gasteiger partial charge >= 0.3 is 0 Å². The van der Waals surface area contributed by atoms with Crippen molar-refractivity contribution in [3.05, 3.63) is 35.9 Å². The van der Waals surface area contributed by atoms with Crippen molar-refractivity contribution in [2.24, 2.45) is 0 Å². The number of aliphatic hydroxyl groups excluding tert-OH is 4. The standard InChI is InChI=1S/C32H54N2O8/c1-2-3-4-5-6-7-8-9-16-21-33-31(40)25(23-41-32-30(39)29(38)28(37)26(22-35)42-32)34-27(36)20-15-11-14-19-24-17-12-10-13-18-24/h10,12-13,17-18,25-26,28-30,32,35,37-39H,2-9,11,14-16,19-23H2,1H3,(H,33,40)(H,34,36)/t25-,26+,28-,29-,30+,32-/m0/s1. The molecule has 0 aliphatic carbocycles. The molecule has 0 spiro atoms. The van der Waals surface area contributed by atoms with Gasteiger partial charge in [0.05, 0.1) is 13.2 Å². The number of aryl methyl sites for hydroxylation is 1. The normalized spacial score (nSPS) is 22.9. The number of amides is 2. The highest BCUT2D eigenvalue weighted by Crippen LogP contribution is 2.22. The second-order valence-corrected chi connectivity index (χ2v) is 11.3. The summed E-state index contributed by atoms with van der Waals surface area (Å²) in [6.07, 6.45) is 6.98. The monoisotopic (exact) mass is 594 g/mol. The van der Waals surface area contributed by atoms with E-state index in [0.29, 0.717) is 13.0 Å². The van der Waals surface area contributed by atoms with Crippen LogP contribution in [0.4, 0.5) is 0 Å². The van der Waals surface area contributed by atoms with Crippen molar-refractivity contribution in [3.8, 4) is 0 Å². The summed E-state index contributed by atoms with van der Waals surface area (Å²) in [6, 6.07) is 9.14. The molecule has 0 bridgehead atoms. The van der Waals surface area contributed by atoms with Gasteiger partial charge in [0.15, 0.2) is 6.29 Å². The minimum absolute atomic E-state index is 0.261. The average molecular weight is 595 g/mol. The Balaban J connectivity index is 1.80. The summed E-state index contributed by atoms with van der Waals surface area (Å²) in [5.41, 5.74) is 1.26. The lowest BCUT2D eigenvalue weighted by Crippen LogP contribution is -2.60. The lowest BCUT2D eigenvalue weighted by atomic mass is 9.99. The van der Waals surface area contributed by atoms with E-state index < -0.39 is 49.3 Å². The Morgan fingerprint density at radius 1 is 0.857 bits per heavy atom. The molecule has 10 nitrogen and oxygen atoms in total. The van der Waals surface area contributed by atoms with Crippen molar-refractivity contribution in [3.63, 3.8) is 0 Å². The molecule has 6 atom stereocenters. The van der Waals surface area contributed by atoms with Crippen LogP contribution in [0.5, 0.6) is 0 Å². The summed E-state index contributed by atoms with van der Waals surface area (Å²) >= 11 is 0. The van der Waals surface area contributed by atoms with Crippen molar-refractivity contribution in [2.45, 2.75) is 134 Å². The van der Waals surface area contributed by atoms with E-state index in [0.717, 1.165) is 38.5 Å². The van der Waals surface area contributed by atoms with Crippen molar-refractivity contribution in [2.75, 3.05) is 19.8 Å². The number of unbranched alkanes of at least 4 members (excludes halogenated alkanes) is 10. The van der Waals surface area contributed by atoms with E-state index in [1.54, 1.807) is 0 Å². The minimum Gasteiger partial charge on any atom is -0.394 e. The first kappa shape index (κ1) is 36.1. The van der Waals surface area contributed by atoms with Crippen LogP contribution in [0.3, 0.4) is 0 Å². The Bertz CT molecular complexity index is 856. The van der Waals surface area contributed by atoms with Crippen LogP contribution in [0.15, 0.2) is 30.3 Å². The zero-order valence-corrected chi connectivity index (χ0v) is 25.3. The van der Waals surface area contributed by atoms with Crippen molar-refractivity contribution >= 4 is 11.8 Å². The maximum Gasteiger partial charge on any atom is 0.244 e. The van der Waals surface area contributed by atoms with Gasteiger partial charge in [-0.15, -0.1) is 0 Å². The molecule has 1 aromatic rings. The molecule has 1 heterocycles. The predicted octanol–water partition coefficient (Wildman–Crippen LogP) is 2.74. The number of rotatable bonds is 22. The maximum absolute atomic E-state index is 13.0. The number of benzene rings is 1. The Morgan fingerprint density at radius 2 is 1.50 bits per heavy atom. The van der Waals surface area contributed by atoms with Gasteiger partial charge in [0.1, 0.15) is 30.5 Å². The molecular weight excluding hydrogens is 540 g/mol. The molecule has 0 radical (unpaired) electrons. The van der Waals surface area contributed by atoms with Crippen molar-refractivity contribution in [1.29, 1.82) is 0 Å². The molecule has 6 N–H and O–H groups in total. The third-order valence-corrected chi connectivity index (χ3v) is 7.72. The van der Waals surface area contributed by atoms with Crippen LogP contribution in [0, 0.1) is 0 Å². The van der Waals surface area contributed by atoms with Gasteiger partial charge in [-0.25, -0.2) is 0 Å². The predicted molar refractivity (Wildman–Crippen MR) is 161 cm³/mol. The lowest BCUT2D eigenvalue weighted by Gasteiger charge is -2.39. The van der Waals surface area contributed by atoms with Gasteiger partial charge in [-0.2, -0.15) is 0 Å². The zero-order valence-electron chi connectivity index (χ0n) is 25.3. The van der Waals surface area contributed by atoms with Gasteiger partial charge < -0.3 is 40.5 Å². The van der Waals surface area contributed by atoms with Gasteiger partial charge in [0.2, 0.25) is 11.8 Å². The van der Waals surface area contributed by atoms with Crippen LogP contribution in [-0.4, -0.2) is 88.7 Å². The van der Waals surface area contributed by atoms with Crippen molar-refractivity contribution < 1.29 is 39.5 Å². The SMILES string of the molecule is CCCCCCCCCCCNC(=O)[C@H](CO[C@H]1O[C@H](CO)[C@H](O)[C@H](O)[C@H]1O)NC(=O)CCCCCc1ccccc1.